The molecule has 1 amide bonds. The van der Waals surface area contributed by atoms with Crippen LogP contribution >= 0.6 is 0 Å². The number of hydrogen-bond donors (Lipinski definition) is 3. The molecule has 4 rings (SSSR count). The fraction of sp³-hybridized carbons (Fsp3) is 0.421. The van der Waals surface area contributed by atoms with E-state index in [0.29, 0.717) is 5.56 Å². The zero-order valence-corrected chi connectivity index (χ0v) is 14.6. The minimum absolute atomic E-state index is 0.0218. The van der Waals surface area contributed by atoms with Gasteiger partial charge in [0.05, 0.1) is 6.17 Å². The van der Waals surface area contributed by atoms with Crippen molar-refractivity contribution in [1.82, 2.24) is 31.0 Å². The quantitative estimate of drug-likeness (QED) is 0.768. The summed E-state index contributed by atoms with van der Waals surface area (Å²) in [6, 6.07) is 8.06. The molecular weight excluding hydrogens is 328 g/mol. The van der Waals surface area contributed by atoms with Gasteiger partial charge in [-0.2, -0.15) is 0 Å². The third-order valence-electron chi connectivity index (χ3n) is 5.16. The number of aromatic nitrogens is 2. The normalized spacial score (nSPS) is 26.5. The maximum absolute atomic E-state index is 12.4. The Morgan fingerprint density at radius 1 is 1.08 bits per heavy atom. The van der Waals surface area contributed by atoms with Gasteiger partial charge < -0.3 is 5.32 Å². The third-order valence-corrected chi connectivity index (χ3v) is 5.16. The third kappa shape index (κ3) is 3.90. The summed E-state index contributed by atoms with van der Waals surface area (Å²) in [5, 5.41) is 3.17. The van der Waals surface area contributed by atoms with Crippen LogP contribution in [0.15, 0.2) is 49.1 Å². The Kier molecular flexibility index (Phi) is 5.19. The highest BCUT2D eigenvalue weighted by molar-refractivity contribution is 5.94. The summed E-state index contributed by atoms with van der Waals surface area (Å²) in [4.78, 5) is 22.9. The molecule has 0 saturated carbocycles. The second kappa shape index (κ2) is 7.90. The van der Waals surface area contributed by atoms with E-state index in [9.17, 15) is 4.79 Å². The van der Waals surface area contributed by atoms with Gasteiger partial charge in [0, 0.05) is 49.0 Å². The molecule has 3 N–H and O–H groups in total. The van der Waals surface area contributed by atoms with E-state index < -0.39 is 0 Å². The fourth-order valence-corrected chi connectivity index (χ4v) is 3.77. The topological polar surface area (TPSA) is 82.2 Å². The van der Waals surface area contributed by atoms with Crippen LogP contribution in [0.25, 0.3) is 0 Å². The number of hydrazine groups is 1. The molecule has 7 heteroatoms. The van der Waals surface area contributed by atoms with Gasteiger partial charge in [-0.25, -0.2) is 10.9 Å². The van der Waals surface area contributed by atoms with Crippen LogP contribution in [-0.2, 0) is 0 Å². The number of piperidine rings is 1. The lowest BCUT2D eigenvalue weighted by atomic mass is 10.0. The van der Waals surface area contributed by atoms with Crippen LogP contribution in [0.4, 0.5) is 0 Å². The smallest absolute Gasteiger partial charge is 0.251 e. The number of rotatable bonds is 4. The van der Waals surface area contributed by atoms with Crippen molar-refractivity contribution < 1.29 is 4.79 Å². The number of carbonyl (C=O) groups excluding carboxylic acids is 1. The lowest BCUT2D eigenvalue weighted by Gasteiger charge is -2.36. The van der Waals surface area contributed by atoms with Crippen LogP contribution in [-0.4, -0.2) is 46.1 Å². The summed E-state index contributed by atoms with van der Waals surface area (Å²) in [5.74, 6) is -0.0218. The first kappa shape index (κ1) is 17.1. The number of hydrogen-bond acceptors (Lipinski definition) is 6. The molecule has 0 aliphatic carbocycles. The van der Waals surface area contributed by atoms with Crippen LogP contribution in [0.5, 0.6) is 0 Å². The van der Waals surface area contributed by atoms with Gasteiger partial charge in [-0.1, -0.05) is 0 Å². The van der Waals surface area contributed by atoms with Gasteiger partial charge in [-0.15, -0.1) is 0 Å². The maximum Gasteiger partial charge on any atom is 0.251 e. The van der Waals surface area contributed by atoms with Crippen molar-refractivity contribution in [2.75, 3.05) is 13.1 Å². The molecule has 4 heterocycles. The van der Waals surface area contributed by atoms with Crippen molar-refractivity contribution in [2.24, 2.45) is 0 Å². The van der Waals surface area contributed by atoms with E-state index in [1.807, 2.05) is 12.4 Å². The van der Waals surface area contributed by atoms with Crippen molar-refractivity contribution in [3.8, 4) is 0 Å². The van der Waals surface area contributed by atoms with Crippen LogP contribution in [0.2, 0.25) is 0 Å². The predicted molar refractivity (Wildman–Crippen MR) is 98.0 cm³/mol. The van der Waals surface area contributed by atoms with Gasteiger partial charge >= 0.3 is 0 Å². The molecule has 0 spiro atoms. The van der Waals surface area contributed by atoms with Crippen LogP contribution in [0.1, 0.15) is 41.2 Å². The van der Waals surface area contributed by atoms with E-state index in [-0.39, 0.29) is 24.2 Å². The number of pyridine rings is 2. The highest BCUT2D eigenvalue weighted by Gasteiger charge is 2.32. The number of likely N-dealkylation sites (tertiary alicyclic amines) is 1. The highest BCUT2D eigenvalue weighted by Crippen LogP contribution is 2.25. The Labute approximate surface area is 153 Å². The molecule has 2 aromatic rings. The van der Waals surface area contributed by atoms with Crippen molar-refractivity contribution in [2.45, 2.75) is 37.5 Å². The molecular formula is C19H24N6O. The number of carbonyl (C=O) groups is 1. The minimum Gasteiger partial charge on any atom is -0.348 e. The molecule has 0 aromatic carbocycles. The molecule has 7 nitrogen and oxygen atoms in total. The first-order chi connectivity index (χ1) is 12.8. The zero-order chi connectivity index (χ0) is 17.8. The molecule has 2 saturated heterocycles. The number of nitrogens with one attached hydrogen (secondary N) is 3. The van der Waals surface area contributed by atoms with E-state index in [4.69, 9.17) is 0 Å². The number of nitrogens with zero attached hydrogens (tertiary/aromatic N) is 3. The SMILES string of the molecule is O=C(NC1CCCN(C2CC(c3ccncc3)NN2)C1)c1ccncc1. The molecule has 3 unspecified atom stereocenters. The molecule has 2 fully saturated rings. The zero-order valence-electron chi connectivity index (χ0n) is 14.6. The monoisotopic (exact) mass is 352 g/mol. The highest BCUT2D eigenvalue weighted by atomic mass is 16.1. The maximum atomic E-state index is 12.4. The summed E-state index contributed by atoms with van der Waals surface area (Å²) < 4.78 is 0. The lowest BCUT2D eigenvalue weighted by Crippen LogP contribution is -2.54. The van der Waals surface area contributed by atoms with Crippen LogP contribution in [0, 0.1) is 0 Å². The minimum atomic E-state index is -0.0218. The van der Waals surface area contributed by atoms with Gasteiger partial charge in [0.15, 0.2) is 0 Å². The molecule has 136 valence electrons. The van der Waals surface area contributed by atoms with Crippen molar-refractivity contribution in [1.29, 1.82) is 0 Å². The van der Waals surface area contributed by atoms with Gasteiger partial charge in [0.25, 0.3) is 5.91 Å². The second-order valence-corrected chi connectivity index (χ2v) is 6.92. The Balaban J connectivity index is 1.33. The largest absolute Gasteiger partial charge is 0.348 e. The molecule has 26 heavy (non-hydrogen) atoms. The Bertz CT molecular complexity index is 725. The van der Waals surface area contributed by atoms with Gasteiger partial charge in [-0.05, 0) is 55.6 Å². The summed E-state index contributed by atoms with van der Waals surface area (Å²) in [5.41, 5.74) is 8.71. The van der Waals surface area contributed by atoms with Crippen LogP contribution in [0.3, 0.4) is 0 Å². The average Bonchev–Trinajstić information content (AvgIpc) is 3.20. The Morgan fingerprint density at radius 2 is 1.81 bits per heavy atom. The summed E-state index contributed by atoms with van der Waals surface area (Å²) in [6.07, 6.45) is 10.3. The van der Waals surface area contributed by atoms with Crippen molar-refractivity contribution >= 4 is 5.91 Å². The van der Waals surface area contributed by atoms with Crippen molar-refractivity contribution in [3.63, 3.8) is 0 Å². The van der Waals surface area contributed by atoms with Crippen molar-refractivity contribution in [3.05, 3.63) is 60.2 Å². The molecule has 0 radical (unpaired) electrons. The molecule has 2 aliphatic heterocycles. The van der Waals surface area contributed by atoms with E-state index in [1.165, 1.54) is 5.56 Å². The first-order valence-electron chi connectivity index (χ1n) is 9.15. The Hall–Kier alpha value is -2.35. The second-order valence-electron chi connectivity index (χ2n) is 6.92. The summed E-state index contributed by atoms with van der Waals surface area (Å²) in [6.45, 7) is 1.91. The Morgan fingerprint density at radius 3 is 2.58 bits per heavy atom. The fourth-order valence-electron chi connectivity index (χ4n) is 3.77. The molecule has 0 bridgehead atoms. The van der Waals surface area contributed by atoms with E-state index in [1.54, 1.807) is 24.5 Å². The van der Waals surface area contributed by atoms with Gasteiger partial charge in [0.1, 0.15) is 0 Å². The van der Waals surface area contributed by atoms with Gasteiger partial charge in [-0.3, -0.25) is 19.7 Å². The predicted octanol–water partition coefficient (Wildman–Crippen LogP) is 1.24. The van der Waals surface area contributed by atoms with E-state index in [0.717, 1.165) is 32.4 Å². The molecule has 2 aromatic heterocycles. The lowest BCUT2D eigenvalue weighted by molar-refractivity contribution is 0.0856. The standard InChI is InChI=1S/C19H24N6O/c26-19(15-5-9-21-10-6-15)22-16-2-1-11-25(13-16)18-12-17(23-24-18)14-3-7-20-8-4-14/h3-10,16-18,23-24H,1-2,11-13H2,(H,22,26). The first-order valence-corrected chi connectivity index (χ1v) is 9.15. The average molecular weight is 352 g/mol. The van der Waals surface area contributed by atoms with Gasteiger partial charge in [0.2, 0.25) is 0 Å². The molecule has 3 atom stereocenters. The summed E-state index contributed by atoms with van der Waals surface area (Å²) >= 11 is 0. The van der Waals surface area contributed by atoms with E-state index >= 15 is 0 Å². The molecule has 2 aliphatic rings. The van der Waals surface area contributed by atoms with Crippen LogP contribution < -0.4 is 16.2 Å². The van der Waals surface area contributed by atoms with E-state index in [2.05, 4.69) is 43.2 Å². The number of amides is 1. The summed E-state index contributed by atoms with van der Waals surface area (Å²) in [7, 11) is 0.